The van der Waals surface area contributed by atoms with Crippen LogP contribution in [-0.4, -0.2) is 0 Å². The van der Waals surface area contributed by atoms with Gasteiger partial charge in [0.2, 0.25) is 0 Å². The third-order valence-corrected chi connectivity index (χ3v) is 2.17. The molecule has 3 heteroatoms. The van der Waals surface area contributed by atoms with Gasteiger partial charge in [-0.1, -0.05) is 0 Å². The summed E-state index contributed by atoms with van der Waals surface area (Å²) in [5.74, 6) is 0. The summed E-state index contributed by atoms with van der Waals surface area (Å²) in [6, 6.07) is 8.14. The number of rotatable bonds is 2. The molecule has 15 heavy (non-hydrogen) atoms. The molecule has 76 valence electrons. The molecule has 0 aliphatic rings. The Morgan fingerprint density at radius 1 is 0.867 bits per heavy atom. The normalized spacial score (nSPS) is 10.0. The average Bonchev–Trinajstić information content (AvgIpc) is 2.17. The smallest absolute Gasteiger partial charge is 0.192 e. The van der Waals surface area contributed by atoms with Crippen molar-refractivity contribution in [2.24, 2.45) is 14.1 Å². The minimum absolute atomic E-state index is 1.09. The highest BCUT2D eigenvalue weighted by Gasteiger charge is 2.01. The van der Waals surface area contributed by atoms with Gasteiger partial charge >= 0.3 is 0 Å². The molecule has 0 aliphatic heterocycles. The standard InChI is InChI=1S/C12H15N3/c1-14-7-3-5-11(9-14)13-12-6-4-8-15(2)10-12/h3-10,13H,1-2H3/q+2. The van der Waals surface area contributed by atoms with E-state index in [1.54, 1.807) is 0 Å². The zero-order valence-electron chi connectivity index (χ0n) is 9.01. The molecule has 0 radical (unpaired) electrons. The van der Waals surface area contributed by atoms with E-state index in [1.807, 2.05) is 72.3 Å². The van der Waals surface area contributed by atoms with Gasteiger partial charge in [0.1, 0.15) is 25.5 Å². The monoisotopic (exact) mass is 201 g/mol. The molecule has 0 saturated carbocycles. The lowest BCUT2D eigenvalue weighted by Gasteiger charge is -2.02. The van der Waals surface area contributed by atoms with E-state index in [0.717, 1.165) is 11.4 Å². The van der Waals surface area contributed by atoms with E-state index in [9.17, 15) is 0 Å². The molecule has 0 fully saturated rings. The van der Waals surface area contributed by atoms with Crippen LogP contribution in [0.15, 0.2) is 49.1 Å². The highest BCUT2D eigenvalue weighted by molar-refractivity contribution is 5.55. The summed E-state index contributed by atoms with van der Waals surface area (Å²) in [5.41, 5.74) is 2.18. The maximum absolute atomic E-state index is 3.34. The Morgan fingerprint density at radius 3 is 1.73 bits per heavy atom. The molecule has 0 unspecified atom stereocenters. The summed E-state index contributed by atoms with van der Waals surface area (Å²) >= 11 is 0. The first kappa shape index (κ1) is 9.65. The predicted molar refractivity (Wildman–Crippen MR) is 58.5 cm³/mol. The van der Waals surface area contributed by atoms with E-state index in [1.165, 1.54) is 0 Å². The van der Waals surface area contributed by atoms with Crippen molar-refractivity contribution in [3.05, 3.63) is 49.1 Å². The fourth-order valence-electron chi connectivity index (χ4n) is 1.49. The number of aryl methyl sites for hydroxylation is 2. The van der Waals surface area contributed by atoms with Gasteiger partial charge < -0.3 is 5.32 Å². The minimum Gasteiger partial charge on any atom is -0.346 e. The lowest BCUT2D eigenvalue weighted by molar-refractivity contribution is -0.671. The van der Waals surface area contributed by atoms with Crippen LogP contribution in [0.1, 0.15) is 0 Å². The molecule has 2 heterocycles. The molecule has 2 rings (SSSR count). The van der Waals surface area contributed by atoms with Crippen molar-refractivity contribution in [3.63, 3.8) is 0 Å². The van der Waals surface area contributed by atoms with Gasteiger partial charge in [0, 0.05) is 12.1 Å². The topological polar surface area (TPSA) is 19.8 Å². The SMILES string of the molecule is C[n+]1cccc(Nc2ccc[n+](C)c2)c1. The first-order valence-corrected chi connectivity index (χ1v) is 4.92. The number of pyridine rings is 2. The lowest BCUT2D eigenvalue weighted by atomic mass is 10.3. The lowest BCUT2D eigenvalue weighted by Crippen LogP contribution is -2.27. The quantitative estimate of drug-likeness (QED) is 0.721. The van der Waals surface area contributed by atoms with E-state index < -0.39 is 0 Å². The first-order valence-electron chi connectivity index (χ1n) is 4.92. The molecule has 3 nitrogen and oxygen atoms in total. The van der Waals surface area contributed by atoms with Crippen molar-refractivity contribution in [3.8, 4) is 0 Å². The second kappa shape index (κ2) is 4.09. The molecular weight excluding hydrogens is 186 g/mol. The van der Waals surface area contributed by atoms with Crippen LogP contribution in [0.25, 0.3) is 0 Å². The molecular formula is C12H15N3+2. The van der Waals surface area contributed by atoms with E-state index >= 15 is 0 Å². The van der Waals surface area contributed by atoms with E-state index in [4.69, 9.17) is 0 Å². The van der Waals surface area contributed by atoms with Crippen LogP contribution in [0, 0.1) is 0 Å². The van der Waals surface area contributed by atoms with Gasteiger partial charge in [-0.05, 0) is 12.1 Å². The van der Waals surface area contributed by atoms with Crippen molar-refractivity contribution in [2.75, 3.05) is 5.32 Å². The summed E-state index contributed by atoms with van der Waals surface area (Å²) < 4.78 is 4.04. The third-order valence-electron chi connectivity index (χ3n) is 2.17. The van der Waals surface area contributed by atoms with Crippen molar-refractivity contribution < 1.29 is 9.13 Å². The fourth-order valence-corrected chi connectivity index (χ4v) is 1.49. The summed E-state index contributed by atoms with van der Waals surface area (Å²) in [6.07, 6.45) is 8.12. The average molecular weight is 201 g/mol. The molecule has 0 atom stereocenters. The van der Waals surface area contributed by atoms with Gasteiger partial charge in [-0.3, -0.25) is 0 Å². The maximum atomic E-state index is 3.34. The Bertz CT molecular complexity index is 422. The molecule has 0 saturated heterocycles. The van der Waals surface area contributed by atoms with Gasteiger partial charge in [0.15, 0.2) is 24.8 Å². The highest BCUT2D eigenvalue weighted by atomic mass is 15.0. The van der Waals surface area contributed by atoms with Crippen molar-refractivity contribution in [1.82, 2.24) is 0 Å². The van der Waals surface area contributed by atoms with E-state index in [2.05, 4.69) is 5.32 Å². The number of nitrogens with zero attached hydrogens (tertiary/aromatic N) is 2. The minimum atomic E-state index is 1.09. The molecule has 2 aromatic heterocycles. The third kappa shape index (κ3) is 2.53. The zero-order chi connectivity index (χ0) is 10.7. The van der Waals surface area contributed by atoms with Gasteiger partial charge in [0.25, 0.3) is 0 Å². The summed E-state index contributed by atoms with van der Waals surface area (Å²) in [6.45, 7) is 0. The van der Waals surface area contributed by atoms with E-state index in [-0.39, 0.29) is 0 Å². The number of anilines is 2. The molecule has 0 bridgehead atoms. The molecule has 0 amide bonds. The van der Waals surface area contributed by atoms with Crippen LogP contribution < -0.4 is 14.5 Å². The second-order valence-corrected chi connectivity index (χ2v) is 3.64. The largest absolute Gasteiger partial charge is 0.346 e. The van der Waals surface area contributed by atoms with Crippen LogP contribution in [0.5, 0.6) is 0 Å². The fraction of sp³-hybridized carbons (Fsp3) is 0.167. The molecule has 0 spiro atoms. The van der Waals surface area contributed by atoms with Gasteiger partial charge in [0.05, 0.1) is 0 Å². The number of nitrogens with one attached hydrogen (secondary N) is 1. The van der Waals surface area contributed by atoms with Crippen molar-refractivity contribution in [1.29, 1.82) is 0 Å². The Labute approximate surface area is 89.6 Å². The van der Waals surface area contributed by atoms with Crippen LogP contribution in [0.3, 0.4) is 0 Å². The van der Waals surface area contributed by atoms with Crippen LogP contribution in [0.4, 0.5) is 11.4 Å². The molecule has 1 N–H and O–H groups in total. The van der Waals surface area contributed by atoms with Gasteiger partial charge in [-0.25, -0.2) is 9.13 Å². The predicted octanol–water partition coefficient (Wildman–Crippen LogP) is 1.08. The highest BCUT2D eigenvalue weighted by Crippen LogP contribution is 2.11. The van der Waals surface area contributed by atoms with Crippen molar-refractivity contribution >= 4 is 11.4 Å². The van der Waals surface area contributed by atoms with Gasteiger partial charge in [-0.15, -0.1) is 0 Å². The Morgan fingerprint density at radius 2 is 1.33 bits per heavy atom. The van der Waals surface area contributed by atoms with Gasteiger partial charge in [-0.2, -0.15) is 0 Å². The molecule has 0 aliphatic carbocycles. The molecule has 2 aromatic rings. The van der Waals surface area contributed by atoms with Crippen molar-refractivity contribution in [2.45, 2.75) is 0 Å². The van der Waals surface area contributed by atoms with E-state index in [0.29, 0.717) is 0 Å². The molecule has 0 aromatic carbocycles. The second-order valence-electron chi connectivity index (χ2n) is 3.64. The summed E-state index contributed by atoms with van der Waals surface area (Å²) in [4.78, 5) is 0. The van der Waals surface area contributed by atoms with Crippen LogP contribution >= 0.6 is 0 Å². The van der Waals surface area contributed by atoms with Crippen LogP contribution in [0.2, 0.25) is 0 Å². The zero-order valence-corrected chi connectivity index (χ0v) is 9.01. The summed E-state index contributed by atoms with van der Waals surface area (Å²) in [5, 5.41) is 3.34. The first-order chi connectivity index (χ1) is 7.24. The number of hydrogen-bond donors (Lipinski definition) is 1. The number of aromatic nitrogens is 2. The van der Waals surface area contributed by atoms with Crippen LogP contribution in [-0.2, 0) is 14.1 Å². The Balaban J connectivity index is 2.22. The Kier molecular flexibility index (Phi) is 2.63. The maximum Gasteiger partial charge on any atom is 0.192 e. The number of hydrogen-bond acceptors (Lipinski definition) is 1. The Hall–Kier alpha value is -1.90. The summed E-state index contributed by atoms with van der Waals surface area (Å²) in [7, 11) is 4.02.